The van der Waals surface area contributed by atoms with E-state index in [9.17, 15) is 10.1 Å². The molecular formula is C11H14N6O3. The van der Waals surface area contributed by atoms with Crippen LogP contribution in [0, 0.1) is 17.0 Å². The molecule has 0 aromatic carbocycles. The molecule has 2 heterocycles. The zero-order chi connectivity index (χ0) is 14.5. The number of rotatable bonds is 6. The Morgan fingerprint density at radius 2 is 2.25 bits per heavy atom. The third kappa shape index (κ3) is 3.19. The average molecular weight is 278 g/mol. The van der Waals surface area contributed by atoms with E-state index in [1.807, 2.05) is 6.92 Å². The van der Waals surface area contributed by atoms with Gasteiger partial charge in [-0.15, -0.1) is 0 Å². The summed E-state index contributed by atoms with van der Waals surface area (Å²) in [5.41, 5.74) is 0.551. The first kappa shape index (κ1) is 13.7. The third-order valence-corrected chi connectivity index (χ3v) is 2.41. The van der Waals surface area contributed by atoms with Crippen molar-refractivity contribution in [1.82, 2.24) is 15.1 Å². The van der Waals surface area contributed by atoms with Gasteiger partial charge in [-0.1, -0.05) is 5.16 Å². The summed E-state index contributed by atoms with van der Waals surface area (Å²) in [6.45, 7) is 4.56. The molecule has 0 aliphatic rings. The van der Waals surface area contributed by atoms with E-state index in [4.69, 9.17) is 4.52 Å². The van der Waals surface area contributed by atoms with E-state index in [0.29, 0.717) is 18.3 Å². The second kappa shape index (κ2) is 5.95. The van der Waals surface area contributed by atoms with E-state index in [0.717, 1.165) is 5.69 Å². The van der Waals surface area contributed by atoms with E-state index in [1.165, 1.54) is 6.20 Å². The molecule has 0 radical (unpaired) electrons. The van der Waals surface area contributed by atoms with Crippen LogP contribution in [0.1, 0.15) is 18.4 Å². The molecule has 2 N–H and O–H groups in total. The SMILES string of the molecule is CCNc1ncc([N+](=O)[O-])c(NCc2cc(C)no2)n1. The van der Waals surface area contributed by atoms with Crippen molar-refractivity contribution in [3.8, 4) is 0 Å². The minimum atomic E-state index is -0.538. The molecule has 0 bridgehead atoms. The van der Waals surface area contributed by atoms with Crippen molar-refractivity contribution >= 4 is 17.5 Å². The zero-order valence-electron chi connectivity index (χ0n) is 11.1. The Balaban J connectivity index is 2.18. The van der Waals surface area contributed by atoms with Crippen LogP contribution >= 0.6 is 0 Å². The molecule has 0 saturated carbocycles. The van der Waals surface area contributed by atoms with Gasteiger partial charge in [-0.25, -0.2) is 4.98 Å². The minimum Gasteiger partial charge on any atom is -0.359 e. The minimum absolute atomic E-state index is 0.134. The van der Waals surface area contributed by atoms with Gasteiger partial charge < -0.3 is 15.2 Å². The normalized spacial score (nSPS) is 10.3. The Labute approximate surface area is 114 Å². The summed E-state index contributed by atoms with van der Waals surface area (Å²) in [6, 6.07) is 1.74. The van der Waals surface area contributed by atoms with Gasteiger partial charge in [0.15, 0.2) is 5.76 Å². The van der Waals surface area contributed by atoms with Crippen molar-refractivity contribution < 1.29 is 9.45 Å². The third-order valence-electron chi connectivity index (χ3n) is 2.41. The quantitative estimate of drug-likeness (QED) is 0.605. The highest BCUT2D eigenvalue weighted by molar-refractivity contribution is 5.56. The summed E-state index contributed by atoms with van der Waals surface area (Å²) >= 11 is 0. The van der Waals surface area contributed by atoms with Crippen molar-refractivity contribution in [2.45, 2.75) is 20.4 Å². The Morgan fingerprint density at radius 1 is 1.45 bits per heavy atom. The second-order valence-electron chi connectivity index (χ2n) is 4.00. The lowest BCUT2D eigenvalue weighted by Crippen LogP contribution is -2.08. The standard InChI is InChI=1S/C11H14N6O3/c1-3-12-11-14-6-9(17(18)19)10(15-11)13-5-8-4-7(2)16-20-8/h4,6H,3,5H2,1-2H3,(H2,12,13,14,15). The van der Waals surface area contributed by atoms with Crippen molar-refractivity contribution in [1.29, 1.82) is 0 Å². The maximum Gasteiger partial charge on any atom is 0.329 e. The van der Waals surface area contributed by atoms with Gasteiger partial charge in [-0.3, -0.25) is 10.1 Å². The molecular weight excluding hydrogens is 264 g/mol. The molecule has 0 atom stereocenters. The van der Waals surface area contributed by atoms with Gasteiger partial charge in [0.25, 0.3) is 0 Å². The first-order valence-corrected chi connectivity index (χ1v) is 6.01. The van der Waals surface area contributed by atoms with Gasteiger partial charge in [0.2, 0.25) is 11.8 Å². The molecule has 2 aromatic rings. The van der Waals surface area contributed by atoms with Crippen LogP contribution < -0.4 is 10.6 Å². The Hall–Kier alpha value is -2.71. The summed E-state index contributed by atoms with van der Waals surface area (Å²) < 4.78 is 5.02. The molecule has 0 saturated heterocycles. The monoisotopic (exact) mass is 278 g/mol. The molecule has 9 nitrogen and oxygen atoms in total. The van der Waals surface area contributed by atoms with Crippen LogP contribution in [0.3, 0.4) is 0 Å². The van der Waals surface area contributed by atoms with Crippen molar-refractivity contribution in [2.24, 2.45) is 0 Å². The first-order valence-electron chi connectivity index (χ1n) is 6.01. The number of anilines is 2. The van der Waals surface area contributed by atoms with E-state index in [2.05, 4.69) is 25.8 Å². The van der Waals surface area contributed by atoms with Gasteiger partial charge in [-0.2, -0.15) is 4.98 Å². The van der Waals surface area contributed by atoms with Gasteiger partial charge in [0, 0.05) is 12.6 Å². The summed E-state index contributed by atoms with van der Waals surface area (Å²) in [5.74, 6) is 1.03. The number of hydrogen-bond donors (Lipinski definition) is 2. The molecule has 20 heavy (non-hydrogen) atoms. The topological polar surface area (TPSA) is 119 Å². The second-order valence-corrected chi connectivity index (χ2v) is 4.00. The van der Waals surface area contributed by atoms with Gasteiger partial charge in [-0.05, 0) is 13.8 Å². The molecule has 0 aliphatic carbocycles. The Morgan fingerprint density at radius 3 is 2.85 bits per heavy atom. The van der Waals surface area contributed by atoms with Crippen LogP contribution in [-0.2, 0) is 6.54 Å². The Bertz CT molecular complexity index is 612. The number of aromatic nitrogens is 3. The molecule has 2 aromatic heterocycles. The van der Waals surface area contributed by atoms with Crippen molar-refractivity contribution in [3.05, 3.63) is 33.8 Å². The predicted octanol–water partition coefficient (Wildman–Crippen LogP) is 1.73. The highest BCUT2D eigenvalue weighted by atomic mass is 16.6. The predicted molar refractivity (Wildman–Crippen MR) is 71.4 cm³/mol. The van der Waals surface area contributed by atoms with Crippen molar-refractivity contribution in [2.75, 3.05) is 17.2 Å². The zero-order valence-corrected chi connectivity index (χ0v) is 11.1. The lowest BCUT2D eigenvalue weighted by Gasteiger charge is -2.06. The summed E-state index contributed by atoms with van der Waals surface area (Å²) in [6.07, 6.45) is 1.17. The fourth-order valence-electron chi connectivity index (χ4n) is 1.55. The van der Waals surface area contributed by atoms with Crippen LogP contribution in [0.5, 0.6) is 0 Å². The highest BCUT2D eigenvalue weighted by Gasteiger charge is 2.17. The van der Waals surface area contributed by atoms with E-state index >= 15 is 0 Å². The van der Waals surface area contributed by atoms with Crippen LogP contribution in [0.2, 0.25) is 0 Å². The first-order chi connectivity index (χ1) is 9.60. The van der Waals surface area contributed by atoms with Crippen LogP contribution in [0.15, 0.2) is 16.8 Å². The molecule has 0 amide bonds. The summed E-state index contributed by atoms with van der Waals surface area (Å²) in [5, 5.41) is 20.4. The largest absolute Gasteiger partial charge is 0.359 e. The van der Waals surface area contributed by atoms with E-state index in [-0.39, 0.29) is 18.1 Å². The van der Waals surface area contributed by atoms with Gasteiger partial charge in [0.1, 0.15) is 6.20 Å². The van der Waals surface area contributed by atoms with Crippen LogP contribution in [0.25, 0.3) is 0 Å². The number of nitro groups is 1. The smallest absolute Gasteiger partial charge is 0.329 e. The van der Waals surface area contributed by atoms with E-state index in [1.54, 1.807) is 13.0 Å². The molecule has 2 rings (SSSR count). The number of nitrogens with one attached hydrogen (secondary N) is 2. The number of nitrogens with zero attached hydrogens (tertiary/aromatic N) is 4. The molecule has 0 spiro atoms. The van der Waals surface area contributed by atoms with Gasteiger partial charge >= 0.3 is 5.69 Å². The molecule has 0 aliphatic heterocycles. The molecule has 0 unspecified atom stereocenters. The number of aryl methyl sites for hydroxylation is 1. The van der Waals surface area contributed by atoms with Crippen molar-refractivity contribution in [3.63, 3.8) is 0 Å². The molecule has 106 valence electrons. The summed E-state index contributed by atoms with van der Waals surface area (Å²) in [7, 11) is 0. The number of hydrogen-bond acceptors (Lipinski definition) is 8. The lowest BCUT2D eigenvalue weighted by atomic mass is 10.4. The lowest BCUT2D eigenvalue weighted by molar-refractivity contribution is -0.384. The average Bonchev–Trinajstić information content (AvgIpc) is 2.82. The highest BCUT2D eigenvalue weighted by Crippen LogP contribution is 2.22. The fraction of sp³-hybridized carbons (Fsp3) is 0.364. The maximum atomic E-state index is 10.9. The van der Waals surface area contributed by atoms with Gasteiger partial charge in [0.05, 0.1) is 17.2 Å². The molecule has 9 heteroatoms. The van der Waals surface area contributed by atoms with E-state index < -0.39 is 4.92 Å². The van der Waals surface area contributed by atoms with Crippen LogP contribution in [0.4, 0.5) is 17.5 Å². The molecule has 0 fully saturated rings. The summed E-state index contributed by atoms with van der Waals surface area (Å²) in [4.78, 5) is 18.3. The maximum absolute atomic E-state index is 10.9. The Kier molecular flexibility index (Phi) is 4.08. The fourth-order valence-corrected chi connectivity index (χ4v) is 1.55. The van der Waals surface area contributed by atoms with Crippen LogP contribution in [-0.4, -0.2) is 26.6 Å².